The van der Waals surface area contributed by atoms with Gasteiger partial charge in [0.25, 0.3) is 0 Å². The minimum Gasteiger partial charge on any atom is -0.393 e. The molecule has 0 rings (SSSR count). The third kappa shape index (κ3) is 7.98. The Morgan fingerprint density at radius 1 is 1.33 bits per heavy atom. The van der Waals surface area contributed by atoms with Crippen LogP contribution in [0.2, 0.25) is 0 Å². The normalized spacial score (nSPS) is 16.0. The molecule has 2 unspecified atom stereocenters. The predicted octanol–water partition coefficient (Wildman–Crippen LogP) is 1.20. The van der Waals surface area contributed by atoms with E-state index in [-0.39, 0.29) is 12.2 Å². The number of methoxy groups -OCH3 is 1. The highest BCUT2D eigenvalue weighted by atomic mass is 16.5. The lowest BCUT2D eigenvalue weighted by Gasteiger charge is -2.11. The standard InChI is InChI=1S/C9H20O3/c1-8(10)5-4-6-12-9(2)7-11-3/h8-10H,4-7H2,1-3H3. The monoisotopic (exact) mass is 176 g/mol. The molecule has 0 amide bonds. The van der Waals surface area contributed by atoms with Gasteiger partial charge in [-0.15, -0.1) is 0 Å². The summed E-state index contributed by atoms with van der Waals surface area (Å²) in [6, 6.07) is 0. The Kier molecular flexibility index (Phi) is 7.45. The zero-order valence-corrected chi connectivity index (χ0v) is 8.25. The molecule has 0 aromatic heterocycles. The molecule has 0 aliphatic heterocycles. The second kappa shape index (κ2) is 7.53. The lowest BCUT2D eigenvalue weighted by atomic mass is 10.2. The van der Waals surface area contributed by atoms with Crippen molar-refractivity contribution in [2.45, 2.75) is 38.9 Å². The van der Waals surface area contributed by atoms with Gasteiger partial charge in [-0.05, 0) is 26.7 Å². The average molecular weight is 176 g/mol. The van der Waals surface area contributed by atoms with Crippen molar-refractivity contribution in [3.05, 3.63) is 0 Å². The van der Waals surface area contributed by atoms with Crippen LogP contribution in [0.15, 0.2) is 0 Å². The van der Waals surface area contributed by atoms with Gasteiger partial charge in [-0.3, -0.25) is 0 Å². The zero-order valence-electron chi connectivity index (χ0n) is 8.25. The molecule has 74 valence electrons. The first-order valence-corrected chi connectivity index (χ1v) is 4.45. The number of aliphatic hydroxyl groups excluding tert-OH is 1. The maximum atomic E-state index is 8.94. The van der Waals surface area contributed by atoms with Crippen LogP contribution < -0.4 is 0 Å². The van der Waals surface area contributed by atoms with Gasteiger partial charge in [-0.2, -0.15) is 0 Å². The summed E-state index contributed by atoms with van der Waals surface area (Å²) in [7, 11) is 1.66. The maximum Gasteiger partial charge on any atom is 0.0780 e. The molecule has 0 spiro atoms. The highest BCUT2D eigenvalue weighted by Gasteiger charge is 2.01. The molecule has 0 aliphatic rings. The van der Waals surface area contributed by atoms with Crippen LogP contribution in [0.25, 0.3) is 0 Å². The first-order valence-electron chi connectivity index (χ1n) is 4.45. The quantitative estimate of drug-likeness (QED) is 0.592. The first kappa shape index (κ1) is 11.9. The van der Waals surface area contributed by atoms with Gasteiger partial charge in [0.15, 0.2) is 0 Å². The van der Waals surface area contributed by atoms with E-state index in [1.165, 1.54) is 0 Å². The Hall–Kier alpha value is -0.120. The zero-order chi connectivity index (χ0) is 9.40. The van der Waals surface area contributed by atoms with E-state index in [2.05, 4.69) is 0 Å². The fourth-order valence-electron chi connectivity index (χ4n) is 0.946. The van der Waals surface area contributed by atoms with Crippen molar-refractivity contribution in [1.82, 2.24) is 0 Å². The molecule has 0 fully saturated rings. The summed E-state index contributed by atoms with van der Waals surface area (Å²) in [5.41, 5.74) is 0. The number of rotatable bonds is 7. The van der Waals surface area contributed by atoms with Crippen LogP contribution in [-0.2, 0) is 9.47 Å². The molecule has 0 bridgehead atoms. The summed E-state index contributed by atoms with van der Waals surface area (Å²) in [6.45, 7) is 5.11. The molecule has 0 saturated heterocycles. The van der Waals surface area contributed by atoms with Crippen molar-refractivity contribution in [2.24, 2.45) is 0 Å². The molecular formula is C9H20O3. The summed E-state index contributed by atoms with van der Waals surface area (Å²) in [6.07, 6.45) is 1.65. The number of hydrogen-bond acceptors (Lipinski definition) is 3. The third-order valence-corrected chi connectivity index (χ3v) is 1.57. The number of aliphatic hydroxyl groups is 1. The SMILES string of the molecule is COCC(C)OCCCC(C)O. The van der Waals surface area contributed by atoms with Gasteiger partial charge in [-0.1, -0.05) is 0 Å². The molecule has 3 heteroatoms. The summed E-state index contributed by atoms with van der Waals surface area (Å²) in [5, 5.41) is 8.94. The van der Waals surface area contributed by atoms with Crippen molar-refractivity contribution < 1.29 is 14.6 Å². The van der Waals surface area contributed by atoms with Crippen LogP contribution >= 0.6 is 0 Å². The van der Waals surface area contributed by atoms with Crippen LogP contribution in [0, 0.1) is 0 Å². The van der Waals surface area contributed by atoms with Crippen molar-refractivity contribution in [2.75, 3.05) is 20.3 Å². The topological polar surface area (TPSA) is 38.7 Å². The van der Waals surface area contributed by atoms with E-state index in [9.17, 15) is 0 Å². The molecule has 12 heavy (non-hydrogen) atoms. The number of ether oxygens (including phenoxy) is 2. The van der Waals surface area contributed by atoms with Crippen LogP contribution in [-0.4, -0.2) is 37.6 Å². The Balaban J connectivity index is 3.08. The predicted molar refractivity (Wildman–Crippen MR) is 48.2 cm³/mol. The second-order valence-electron chi connectivity index (χ2n) is 3.13. The van der Waals surface area contributed by atoms with Crippen LogP contribution in [0.3, 0.4) is 0 Å². The van der Waals surface area contributed by atoms with Crippen molar-refractivity contribution >= 4 is 0 Å². The van der Waals surface area contributed by atoms with Gasteiger partial charge in [-0.25, -0.2) is 0 Å². The number of hydrogen-bond donors (Lipinski definition) is 1. The highest BCUT2D eigenvalue weighted by molar-refractivity contribution is 4.49. The van der Waals surface area contributed by atoms with Gasteiger partial charge in [0.1, 0.15) is 0 Å². The van der Waals surface area contributed by atoms with Crippen molar-refractivity contribution in [3.63, 3.8) is 0 Å². The van der Waals surface area contributed by atoms with E-state index < -0.39 is 0 Å². The van der Waals surface area contributed by atoms with Gasteiger partial charge in [0.05, 0.1) is 18.8 Å². The van der Waals surface area contributed by atoms with E-state index in [0.29, 0.717) is 13.2 Å². The van der Waals surface area contributed by atoms with Gasteiger partial charge in [0.2, 0.25) is 0 Å². The van der Waals surface area contributed by atoms with E-state index in [4.69, 9.17) is 14.6 Å². The van der Waals surface area contributed by atoms with Gasteiger partial charge in [0, 0.05) is 13.7 Å². The van der Waals surface area contributed by atoms with E-state index in [0.717, 1.165) is 12.8 Å². The van der Waals surface area contributed by atoms with E-state index >= 15 is 0 Å². The molecule has 0 aliphatic carbocycles. The van der Waals surface area contributed by atoms with Crippen LogP contribution in [0.4, 0.5) is 0 Å². The molecule has 1 N–H and O–H groups in total. The molecular weight excluding hydrogens is 156 g/mol. The van der Waals surface area contributed by atoms with Gasteiger partial charge >= 0.3 is 0 Å². The fourth-order valence-corrected chi connectivity index (χ4v) is 0.946. The molecule has 0 aromatic carbocycles. The Morgan fingerprint density at radius 2 is 2.00 bits per heavy atom. The molecule has 0 aromatic rings. The van der Waals surface area contributed by atoms with Crippen LogP contribution in [0.5, 0.6) is 0 Å². The minimum absolute atomic E-state index is 0.156. The van der Waals surface area contributed by atoms with E-state index in [1.807, 2.05) is 6.92 Å². The average Bonchev–Trinajstić information content (AvgIpc) is 1.98. The summed E-state index contributed by atoms with van der Waals surface area (Å²) in [4.78, 5) is 0. The Labute approximate surface area is 74.7 Å². The highest BCUT2D eigenvalue weighted by Crippen LogP contribution is 1.98. The molecule has 2 atom stereocenters. The lowest BCUT2D eigenvalue weighted by molar-refractivity contribution is 0.00480. The van der Waals surface area contributed by atoms with Gasteiger partial charge < -0.3 is 14.6 Å². The first-order chi connectivity index (χ1) is 5.66. The summed E-state index contributed by atoms with van der Waals surface area (Å²) >= 11 is 0. The lowest BCUT2D eigenvalue weighted by Crippen LogP contribution is -2.16. The molecule has 3 nitrogen and oxygen atoms in total. The largest absolute Gasteiger partial charge is 0.393 e. The minimum atomic E-state index is -0.216. The summed E-state index contributed by atoms with van der Waals surface area (Å²) in [5.74, 6) is 0. The van der Waals surface area contributed by atoms with E-state index in [1.54, 1.807) is 14.0 Å². The van der Waals surface area contributed by atoms with Crippen molar-refractivity contribution in [1.29, 1.82) is 0 Å². The third-order valence-electron chi connectivity index (χ3n) is 1.57. The van der Waals surface area contributed by atoms with Crippen molar-refractivity contribution in [3.8, 4) is 0 Å². The molecule has 0 saturated carbocycles. The Morgan fingerprint density at radius 3 is 2.50 bits per heavy atom. The van der Waals surface area contributed by atoms with Crippen LogP contribution in [0.1, 0.15) is 26.7 Å². The molecule has 0 heterocycles. The second-order valence-corrected chi connectivity index (χ2v) is 3.13. The Bertz CT molecular complexity index is 93.8. The maximum absolute atomic E-state index is 8.94. The molecule has 0 radical (unpaired) electrons. The smallest absolute Gasteiger partial charge is 0.0780 e. The summed E-state index contributed by atoms with van der Waals surface area (Å²) < 4.78 is 10.3. The fraction of sp³-hybridized carbons (Fsp3) is 1.00.